The summed E-state index contributed by atoms with van der Waals surface area (Å²) in [7, 11) is 0. The van der Waals surface area contributed by atoms with Crippen molar-refractivity contribution in [1.82, 2.24) is 0 Å². The zero-order valence-electron chi connectivity index (χ0n) is 16.5. The molecule has 0 bridgehead atoms. The Morgan fingerprint density at radius 2 is 2.00 bits per heavy atom. The minimum atomic E-state index is -0.431. The van der Waals surface area contributed by atoms with E-state index in [4.69, 9.17) is 10.1 Å². The average molecular weight is 377 g/mol. The lowest BCUT2D eigenvalue weighted by Crippen LogP contribution is -2.28. The number of rotatable bonds is 9. The fourth-order valence-electron chi connectivity index (χ4n) is 3.22. The maximum atomic E-state index is 11.7. The Kier molecular flexibility index (Phi) is 6.58. The van der Waals surface area contributed by atoms with E-state index in [1.54, 1.807) is 11.2 Å². The van der Waals surface area contributed by atoms with Crippen LogP contribution in [0.1, 0.15) is 50.3 Å². The molecule has 2 atom stereocenters. The van der Waals surface area contributed by atoms with Gasteiger partial charge in [0.1, 0.15) is 18.1 Å². The number of fused-ring (bicyclic) bond motifs is 1. The third kappa shape index (κ3) is 4.47. The molecule has 0 saturated heterocycles. The van der Waals surface area contributed by atoms with Gasteiger partial charge in [-0.25, -0.2) is 0 Å². The molecule has 0 fully saturated rings. The van der Waals surface area contributed by atoms with Gasteiger partial charge in [0.05, 0.1) is 18.5 Å². The molecule has 1 aliphatic heterocycles. The van der Waals surface area contributed by atoms with Gasteiger partial charge in [-0.1, -0.05) is 38.1 Å². The first kappa shape index (κ1) is 19.8. The Labute approximate surface area is 166 Å². The molecule has 0 aliphatic carbocycles. The summed E-state index contributed by atoms with van der Waals surface area (Å²) in [6.45, 7) is 4.79. The van der Waals surface area contributed by atoms with Crippen LogP contribution in [0.15, 0.2) is 53.6 Å². The Balaban J connectivity index is 1.59. The quantitative estimate of drug-likeness (QED) is 0.380. The van der Waals surface area contributed by atoms with Crippen molar-refractivity contribution in [1.29, 1.82) is 5.41 Å². The second-order valence-electron chi connectivity index (χ2n) is 7.08. The van der Waals surface area contributed by atoms with Crippen LogP contribution in [0, 0.1) is 11.3 Å². The predicted molar refractivity (Wildman–Crippen MR) is 114 cm³/mol. The van der Waals surface area contributed by atoms with Crippen LogP contribution in [0.25, 0.3) is 0 Å². The van der Waals surface area contributed by atoms with Gasteiger partial charge in [-0.3, -0.25) is 5.01 Å². The summed E-state index contributed by atoms with van der Waals surface area (Å²) in [6.07, 6.45) is 5.33. The number of benzene rings is 2. The van der Waals surface area contributed by atoms with Gasteiger partial charge in [0.2, 0.25) is 0 Å². The highest BCUT2D eigenvalue weighted by Crippen LogP contribution is 2.31. The van der Waals surface area contributed by atoms with E-state index in [1.807, 2.05) is 48.5 Å². The van der Waals surface area contributed by atoms with Crippen molar-refractivity contribution in [2.75, 3.05) is 11.6 Å². The van der Waals surface area contributed by atoms with Crippen molar-refractivity contribution in [3.8, 4) is 5.75 Å². The second-order valence-corrected chi connectivity index (χ2v) is 7.08. The van der Waals surface area contributed by atoms with E-state index in [1.165, 1.54) is 0 Å². The SMILES string of the molecule is CC[C@@H](C)C(=N)CCCOc1ccc(N2N=Cc3ccccc3C2C=O)cc1. The molecule has 0 amide bonds. The maximum Gasteiger partial charge on any atom is 0.149 e. The minimum Gasteiger partial charge on any atom is -0.494 e. The van der Waals surface area contributed by atoms with Crippen LogP contribution in [0.4, 0.5) is 5.69 Å². The first-order valence-corrected chi connectivity index (χ1v) is 9.81. The molecule has 5 nitrogen and oxygen atoms in total. The van der Waals surface area contributed by atoms with Gasteiger partial charge >= 0.3 is 0 Å². The fraction of sp³-hybridized carbons (Fsp3) is 0.348. The highest BCUT2D eigenvalue weighted by atomic mass is 16.5. The van der Waals surface area contributed by atoms with E-state index in [2.05, 4.69) is 18.9 Å². The van der Waals surface area contributed by atoms with Crippen molar-refractivity contribution in [2.45, 2.75) is 39.2 Å². The highest BCUT2D eigenvalue weighted by molar-refractivity contribution is 5.88. The smallest absolute Gasteiger partial charge is 0.149 e. The molecule has 0 radical (unpaired) electrons. The number of hydrogen-bond donors (Lipinski definition) is 1. The molecule has 5 heteroatoms. The first-order chi connectivity index (χ1) is 13.6. The normalized spacial score (nSPS) is 16.4. The summed E-state index contributed by atoms with van der Waals surface area (Å²) < 4.78 is 5.80. The van der Waals surface area contributed by atoms with E-state index in [-0.39, 0.29) is 0 Å². The number of anilines is 1. The summed E-state index contributed by atoms with van der Waals surface area (Å²) >= 11 is 0. The zero-order chi connectivity index (χ0) is 19.9. The lowest BCUT2D eigenvalue weighted by Gasteiger charge is -2.29. The molecule has 0 spiro atoms. The molecule has 1 unspecified atom stereocenters. The van der Waals surface area contributed by atoms with Gasteiger partial charge in [0.25, 0.3) is 0 Å². The molecule has 146 valence electrons. The van der Waals surface area contributed by atoms with Crippen molar-refractivity contribution >= 4 is 23.9 Å². The number of ether oxygens (including phenoxy) is 1. The summed E-state index contributed by atoms with van der Waals surface area (Å²) in [5, 5.41) is 14.2. The molecule has 28 heavy (non-hydrogen) atoms. The molecular formula is C23H27N3O2. The average Bonchev–Trinajstić information content (AvgIpc) is 2.75. The Bertz CT molecular complexity index is 845. The van der Waals surface area contributed by atoms with E-state index in [9.17, 15) is 4.79 Å². The fourth-order valence-corrected chi connectivity index (χ4v) is 3.22. The van der Waals surface area contributed by atoms with Crippen molar-refractivity contribution in [3.05, 3.63) is 59.7 Å². The molecule has 1 aliphatic rings. The minimum absolute atomic E-state index is 0.347. The monoisotopic (exact) mass is 377 g/mol. The molecule has 1 N–H and O–H groups in total. The summed E-state index contributed by atoms with van der Waals surface area (Å²) in [5.41, 5.74) is 3.56. The van der Waals surface area contributed by atoms with Crippen LogP contribution in [-0.2, 0) is 4.79 Å². The first-order valence-electron chi connectivity index (χ1n) is 9.81. The van der Waals surface area contributed by atoms with Gasteiger partial charge in [0.15, 0.2) is 0 Å². The number of aldehydes is 1. The molecule has 0 aromatic heterocycles. The lowest BCUT2D eigenvalue weighted by molar-refractivity contribution is -0.109. The number of nitrogens with one attached hydrogen (secondary N) is 1. The number of hydrogen-bond acceptors (Lipinski definition) is 5. The van der Waals surface area contributed by atoms with Crippen molar-refractivity contribution in [3.63, 3.8) is 0 Å². The summed E-state index contributed by atoms with van der Waals surface area (Å²) in [5.74, 6) is 1.13. The standard InChI is InChI=1S/C23H27N3O2/c1-3-17(2)22(24)9-6-14-28-20-12-10-19(11-13-20)26-23(16-27)21-8-5-4-7-18(21)15-25-26/h4-5,7-8,10-13,15-17,23-24H,3,6,9,14H2,1-2H3/t17-,23?/m1/s1. The molecule has 0 saturated carbocycles. The van der Waals surface area contributed by atoms with Gasteiger partial charge in [-0.05, 0) is 55.0 Å². The Morgan fingerprint density at radius 3 is 2.71 bits per heavy atom. The van der Waals surface area contributed by atoms with Crippen LogP contribution in [0.2, 0.25) is 0 Å². The van der Waals surface area contributed by atoms with Gasteiger partial charge in [-0.2, -0.15) is 5.10 Å². The molecule has 1 heterocycles. The Hall–Kier alpha value is -2.95. The number of hydrazone groups is 1. The van der Waals surface area contributed by atoms with Crippen molar-refractivity contribution < 1.29 is 9.53 Å². The van der Waals surface area contributed by atoms with Crippen LogP contribution >= 0.6 is 0 Å². The number of carbonyl (C=O) groups is 1. The van der Waals surface area contributed by atoms with E-state index in [0.29, 0.717) is 12.5 Å². The van der Waals surface area contributed by atoms with Crippen LogP contribution in [0.3, 0.4) is 0 Å². The lowest BCUT2D eigenvalue weighted by atomic mass is 9.99. The van der Waals surface area contributed by atoms with E-state index in [0.717, 1.165) is 53.8 Å². The van der Waals surface area contributed by atoms with Crippen LogP contribution in [0.5, 0.6) is 5.75 Å². The second kappa shape index (κ2) is 9.31. The van der Waals surface area contributed by atoms with Crippen LogP contribution in [-0.4, -0.2) is 24.8 Å². The largest absolute Gasteiger partial charge is 0.494 e. The summed E-state index contributed by atoms with van der Waals surface area (Å²) in [4.78, 5) is 11.7. The topological polar surface area (TPSA) is 65.8 Å². The molecule has 3 rings (SSSR count). The molecular weight excluding hydrogens is 350 g/mol. The zero-order valence-corrected chi connectivity index (χ0v) is 16.5. The van der Waals surface area contributed by atoms with Crippen LogP contribution < -0.4 is 9.75 Å². The third-order valence-corrected chi connectivity index (χ3v) is 5.20. The van der Waals surface area contributed by atoms with Crippen molar-refractivity contribution in [2.24, 2.45) is 11.0 Å². The number of nitrogens with zero attached hydrogens (tertiary/aromatic N) is 2. The highest BCUT2D eigenvalue weighted by Gasteiger charge is 2.25. The summed E-state index contributed by atoms with van der Waals surface area (Å²) in [6, 6.07) is 15.0. The van der Waals surface area contributed by atoms with E-state index >= 15 is 0 Å². The van der Waals surface area contributed by atoms with E-state index < -0.39 is 6.04 Å². The predicted octanol–water partition coefficient (Wildman–Crippen LogP) is 5.01. The van der Waals surface area contributed by atoms with Gasteiger partial charge in [0, 0.05) is 11.3 Å². The third-order valence-electron chi connectivity index (χ3n) is 5.20. The van der Waals surface area contributed by atoms with Gasteiger partial charge in [-0.15, -0.1) is 0 Å². The molecule has 2 aromatic rings. The molecule has 2 aromatic carbocycles. The Morgan fingerprint density at radius 1 is 1.25 bits per heavy atom. The maximum absolute atomic E-state index is 11.7. The van der Waals surface area contributed by atoms with Gasteiger partial charge < -0.3 is 14.9 Å². The number of carbonyl (C=O) groups excluding carboxylic acids is 1.